The molecular formula is C20H20F3N3O2S. The predicted molar refractivity (Wildman–Crippen MR) is 105 cm³/mol. The largest absolute Gasteiger partial charge is 0.329 e. The number of aryl methyl sites for hydroxylation is 1. The lowest BCUT2D eigenvalue weighted by molar-refractivity contribution is -0.0392. The third-order valence-electron chi connectivity index (χ3n) is 6.22. The Bertz CT molecular complexity index is 1260. The van der Waals surface area contributed by atoms with Crippen molar-refractivity contribution < 1.29 is 13.2 Å². The molecule has 0 aliphatic heterocycles. The van der Waals surface area contributed by atoms with Crippen molar-refractivity contribution in [2.75, 3.05) is 0 Å². The van der Waals surface area contributed by atoms with E-state index in [1.54, 1.807) is 17.6 Å². The first-order chi connectivity index (χ1) is 13.7. The molecule has 0 spiro atoms. The Morgan fingerprint density at radius 1 is 1.31 bits per heavy atom. The number of aromatic nitrogens is 2. The van der Waals surface area contributed by atoms with E-state index in [2.05, 4.69) is 4.98 Å². The number of aromatic amines is 1. The summed E-state index contributed by atoms with van der Waals surface area (Å²) >= 11 is 1.30. The number of hydrogen-bond donors (Lipinski definition) is 2. The lowest BCUT2D eigenvalue weighted by Gasteiger charge is -2.28. The first-order valence-corrected chi connectivity index (χ1v) is 10.5. The van der Waals surface area contributed by atoms with Gasteiger partial charge in [-0.25, -0.2) is 18.0 Å². The standard InChI is InChI=1S/C20H20F3N3O2S/c1-8-15(14-7-10-13(29-14)4-5-20(22,23)17(10)24)12(21)6-11-16(8)26(9-2-3-9)19(28)25-18(11)27/h6-7,9,12,15,17H,2-5,24H2,1H3,(H,25,27,28). The molecule has 5 rings (SSSR count). The van der Waals surface area contributed by atoms with Crippen LogP contribution in [-0.2, 0) is 6.42 Å². The van der Waals surface area contributed by atoms with E-state index in [1.807, 2.05) is 0 Å². The summed E-state index contributed by atoms with van der Waals surface area (Å²) in [5, 5.41) is 0.628. The van der Waals surface area contributed by atoms with Crippen LogP contribution in [0, 0.1) is 0 Å². The van der Waals surface area contributed by atoms with E-state index in [1.165, 1.54) is 17.4 Å². The van der Waals surface area contributed by atoms with Gasteiger partial charge in [0.15, 0.2) is 0 Å². The van der Waals surface area contributed by atoms with Crippen LogP contribution in [0.25, 0.3) is 11.6 Å². The minimum Gasteiger partial charge on any atom is -0.319 e. The molecule has 29 heavy (non-hydrogen) atoms. The minimum atomic E-state index is -2.98. The summed E-state index contributed by atoms with van der Waals surface area (Å²) in [6.45, 7) is 1.72. The lowest BCUT2D eigenvalue weighted by Crippen LogP contribution is -2.57. The number of alkyl halides is 3. The van der Waals surface area contributed by atoms with Crippen molar-refractivity contribution >= 4 is 23.0 Å². The van der Waals surface area contributed by atoms with Crippen LogP contribution in [0.1, 0.15) is 59.5 Å². The van der Waals surface area contributed by atoms with Crippen LogP contribution in [0.3, 0.4) is 0 Å². The molecule has 0 amide bonds. The molecule has 2 heterocycles. The van der Waals surface area contributed by atoms with Crippen LogP contribution in [0.2, 0.25) is 0 Å². The number of rotatable bonds is 2. The Labute approximate surface area is 167 Å². The van der Waals surface area contributed by atoms with Crippen molar-refractivity contribution in [2.24, 2.45) is 5.73 Å². The number of hydrogen-bond acceptors (Lipinski definition) is 4. The second-order valence-electron chi connectivity index (χ2n) is 8.16. The smallest absolute Gasteiger partial charge is 0.319 e. The van der Waals surface area contributed by atoms with Gasteiger partial charge in [0.1, 0.15) is 6.17 Å². The summed E-state index contributed by atoms with van der Waals surface area (Å²) in [5.41, 5.74) is 5.63. The number of nitrogens with two attached hydrogens (primary N) is 1. The minimum absolute atomic E-state index is 0.00286. The fraction of sp³-hybridized carbons (Fsp3) is 0.500. The third kappa shape index (κ3) is 2.78. The number of nitrogens with one attached hydrogen (secondary N) is 1. The highest BCUT2D eigenvalue weighted by atomic mass is 32.1. The Kier molecular flexibility index (Phi) is 4.02. The summed E-state index contributed by atoms with van der Waals surface area (Å²) in [4.78, 5) is 28.4. The summed E-state index contributed by atoms with van der Waals surface area (Å²) < 4.78 is 44.8. The SMILES string of the molecule is CC1=c2c(c(=O)[nH]c(=O)n2C2CC2)=CC(F)C1c1cc2c(s1)CCC(F)(F)C2N. The maximum Gasteiger partial charge on any atom is 0.329 e. The molecule has 9 heteroatoms. The predicted octanol–water partition coefficient (Wildman–Crippen LogP) is 1.60. The average Bonchev–Trinajstić information content (AvgIpc) is 3.39. The van der Waals surface area contributed by atoms with E-state index in [0.717, 1.165) is 17.7 Å². The molecule has 0 saturated heterocycles. The maximum atomic E-state index is 15.2. The molecule has 154 valence electrons. The maximum absolute atomic E-state index is 15.2. The second kappa shape index (κ2) is 6.18. The second-order valence-corrected chi connectivity index (χ2v) is 9.33. The molecule has 0 aromatic carbocycles. The first-order valence-electron chi connectivity index (χ1n) is 9.66. The van der Waals surface area contributed by atoms with Gasteiger partial charge in [-0.15, -0.1) is 11.3 Å². The first kappa shape index (κ1) is 18.9. The molecular weight excluding hydrogens is 403 g/mol. The summed E-state index contributed by atoms with van der Waals surface area (Å²) in [6, 6.07) is 0.184. The number of H-pyrrole nitrogens is 1. The molecule has 3 aliphatic carbocycles. The van der Waals surface area contributed by atoms with Crippen molar-refractivity contribution in [1.29, 1.82) is 0 Å². The van der Waals surface area contributed by atoms with Crippen LogP contribution in [0.5, 0.6) is 0 Å². The van der Waals surface area contributed by atoms with Crippen molar-refractivity contribution in [3.05, 3.63) is 52.8 Å². The zero-order valence-corrected chi connectivity index (χ0v) is 16.5. The van der Waals surface area contributed by atoms with Gasteiger partial charge in [-0.1, -0.05) is 0 Å². The highest BCUT2D eigenvalue weighted by Crippen LogP contribution is 2.46. The van der Waals surface area contributed by atoms with E-state index < -0.39 is 35.3 Å². The zero-order chi connectivity index (χ0) is 20.7. The van der Waals surface area contributed by atoms with Crippen LogP contribution >= 0.6 is 11.3 Å². The van der Waals surface area contributed by atoms with Gasteiger partial charge in [0.2, 0.25) is 0 Å². The third-order valence-corrected chi connectivity index (χ3v) is 7.51. The number of thiophene rings is 1. The van der Waals surface area contributed by atoms with E-state index in [0.29, 0.717) is 21.4 Å². The van der Waals surface area contributed by atoms with Gasteiger partial charge in [0.25, 0.3) is 11.5 Å². The average molecular weight is 423 g/mol. The molecule has 3 unspecified atom stereocenters. The number of nitrogens with zero attached hydrogens (tertiary/aromatic N) is 1. The van der Waals surface area contributed by atoms with Gasteiger partial charge in [-0.05, 0) is 49.5 Å². The topological polar surface area (TPSA) is 80.9 Å². The van der Waals surface area contributed by atoms with Crippen LogP contribution in [-0.4, -0.2) is 21.6 Å². The summed E-state index contributed by atoms with van der Waals surface area (Å²) in [7, 11) is 0. The lowest BCUT2D eigenvalue weighted by atomic mass is 9.86. The fourth-order valence-electron chi connectivity index (χ4n) is 4.55. The molecule has 0 bridgehead atoms. The van der Waals surface area contributed by atoms with Gasteiger partial charge in [-0.2, -0.15) is 0 Å². The van der Waals surface area contributed by atoms with Gasteiger partial charge in [-0.3, -0.25) is 14.3 Å². The van der Waals surface area contributed by atoms with Crippen LogP contribution < -0.4 is 27.6 Å². The molecule has 3 aliphatic rings. The van der Waals surface area contributed by atoms with Crippen molar-refractivity contribution in [1.82, 2.24) is 9.55 Å². The highest BCUT2D eigenvalue weighted by Gasteiger charge is 2.44. The Morgan fingerprint density at radius 3 is 2.72 bits per heavy atom. The van der Waals surface area contributed by atoms with E-state index in [-0.39, 0.29) is 24.1 Å². The van der Waals surface area contributed by atoms with E-state index in [4.69, 9.17) is 5.73 Å². The molecule has 2 aromatic rings. The van der Waals surface area contributed by atoms with Crippen molar-refractivity contribution in [3.63, 3.8) is 0 Å². The molecule has 3 atom stereocenters. The van der Waals surface area contributed by atoms with Gasteiger partial charge in [0.05, 0.1) is 22.5 Å². The molecule has 5 nitrogen and oxygen atoms in total. The molecule has 1 fully saturated rings. The Morgan fingerprint density at radius 2 is 2.03 bits per heavy atom. The monoisotopic (exact) mass is 423 g/mol. The van der Waals surface area contributed by atoms with Gasteiger partial charge < -0.3 is 5.73 Å². The molecule has 0 radical (unpaired) electrons. The van der Waals surface area contributed by atoms with Crippen molar-refractivity contribution in [2.45, 2.75) is 62.7 Å². The summed E-state index contributed by atoms with van der Waals surface area (Å²) in [5.74, 6) is -3.71. The molecule has 1 saturated carbocycles. The highest BCUT2D eigenvalue weighted by molar-refractivity contribution is 7.12. The fourth-order valence-corrected chi connectivity index (χ4v) is 5.97. The van der Waals surface area contributed by atoms with Crippen LogP contribution in [0.4, 0.5) is 13.2 Å². The van der Waals surface area contributed by atoms with Gasteiger partial charge in [0, 0.05) is 22.2 Å². The zero-order valence-electron chi connectivity index (χ0n) is 15.7. The van der Waals surface area contributed by atoms with Crippen molar-refractivity contribution in [3.8, 4) is 0 Å². The van der Waals surface area contributed by atoms with E-state index >= 15 is 4.39 Å². The quantitative estimate of drug-likeness (QED) is 0.770. The normalized spacial score (nSPS) is 27.9. The Balaban J connectivity index is 1.72. The van der Waals surface area contributed by atoms with Gasteiger partial charge >= 0.3 is 5.69 Å². The van der Waals surface area contributed by atoms with E-state index in [9.17, 15) is 18.4 Å². The van der Waals surface area contributed by atoms with Crippen LogP contribution in [0.15, 0.2) is 15.7 Å². The molecule has 2 aromatic heterocycles. The number of halogens is 3. The summed E-state index contributed by atoms with van der Waals surface area (Å²) in [6.07, 6.45) is 1.29. The Hall–Kier alpha value is -2.13. The molecule has 3 N–H and O–H groups in total. The number of fused-ring (bicyclic) bond motifs is 2.